The third-order valence-corrected chi connectivity index (χ3v) is 4.99. The van der Waals surface area contributed by atoms with Gasteiger partial charge in [0.15, 0.2) is 0 Å². The molecule has 0 bridgehead atoms. The molecule has 0 atom stereocenters. The van der Waals surface area contributed by atoms with E-state index in [0.29, 0.717) is 18.4 Å². The molecule has 2 rings (SSSR count). The van der Waals surface area contributed by atoms with Crippen molar-refractivity contribution in [3.8, 4) is 0 Å². The minimum atomic E-state index is -0.994. The van der Waals surface area contributed by atoms with Crippen molar-refractivity contribution in [2.45, 2.75) is 45.1 Å². The number of carbonyl (C=O) groups is 3. The van der Waals surface area contributed by atoms with E-state index in [1.54, 1.807) is 0 Å². The van der Waals surface area contributed by atoms with E-state index < -0.39 is 28.5 Å². The minimum absolute atomic E-state index is 0.0456. The molecule has 1 amide bonds. The molecule has 164 valence electrons. The highest BCUT2D eigenvalue weighted by Gasteiger charge is 2.39. The second-order valence-electron chi connectivity index (χ2n) is 7.21. The van der Waals surface area contributed by atoms with Crippen molar-refractivity contribution in [3.05, 3.63) is 45.5 Å². The third kappa shape index (κ3) is 6.61. The molecule has 0 heterocycles. The number of aliphatic carboxylic acids is 1. The van der Waals surface area contributed by atoms with Crippen molar-refractivity contribution in [1.82, 2.24) is 5.06 Å². The summed E-state index contributed by atoms with van der Waals surface area (Å²) in [6.07, 6.45) is 2.68. The van der Waals surface area contributed by atoms with Gasteiger partial charge in [-0.2, -0.15) is 0 Å². The van der Waals surface area contributed by atoms with E-state index in [9.17, 15) is 29.6 Å². The maximum Gasteiger partial charge on any atom is 0.443 e. The Morgan fingerprint density at radius 1 is 1.23 bits per heavy atom. The first-order chi connectivity index (χ1) is 14.2. The van der Waals surface area contributed by atoms with E-state index >= 15 is 0 Å². The van der Waals surface area contributed by atoms with Crippen molar-refractivity contribution in [2.24, 2.45) is 5.41 Å². The zero-order chi connectivity index (χ0) is 22.1. The normalized spacial score (nSPS) is 15.0. The van der Waals surface area contributed by atoms with E-state index in [1.807, 2.05) is 0 Å². The minimum Gasteiger partial charge on any atom is -0.481 e. The quantitative estimate of drug-likeness (QED) is 0.491. The molecule has 1 aromatic carbocycles. The largest absolute Gasteiger partial charge is 0.481 e. The Kier molecular flexibility index (Phi) is 7.96. The average molecular weight is 424 g/mol. The van der Waals surface area contributed by atoms with Gasteiger partial charge >= 0.3 is 18.0 Å². The Bertz CT molecular complexity index is 790. The number of benzene rings is 1. The van der Waals surface area contributed by atoms with Crippen LogP contribution in [0.15, 0.2) is 24.3 Å². The van der Waals surface area contributed by atoms with Crippen molar-refractivity contribution in [1.29, 1.82) is 0 Å². The Hall–Kier alpha value is -3.37. The molecule has 0 aliphatic heterocycles. The predicted octanol–water partition coefficient (Wildman–Crippen LogP) is 2.96. The summed E-state index contributed by atoms with van der Waals surface area (Å²) in [5.41, 5.74) is -0.315. The third-order valence-electron chi connectivity index (χ3n) is 4.99. The number of carboxylic acid groups (broad SMARTS) is 1. The van der Waals surface area contributed by atoms with Gasteiger partial charge in [0, 0.05) is 5.41 Å². The van der Waals surface area contributed by atoms with Crippen LogP contribution in [-0.2, 0) is 25.8 Å². The highest BCUT2D eigenvalue weighted by molar-refractivity contribution is 5.90. The van der Waals surface area contributed by atoms with Crippen LogP contribution in [0.4, 0.5) is 4.79 Å². The van der Waals surface area contributed by atoms with Crippen molar-refractivity contribution >= 4 is 18.0 Å². The number of ether oxygens (including phenoxy) is 1. The number of nitrogens with zero attached hydrogens (tertiary/aromatic N) is 2. The van der Waals surface area contributed by atoms with Crippen molar-refractivity contribution < 1.29 is 39.0 Å². The van der Waals surface area contributed by atoms with Crippen LogP contribution < -0.4 is 0 Å². The summed E-state index contributed by atoms with van der Waals surface area (Å²) in [6.45, 7) is -0.460. The molecule has 0 unspecified atom stereocenters. The van der Waals surface area contributed by atoms with Gasteiger partial charge in [0.25, 0.3) is 5.09 Å². The molecule has 1 aliphatic rings. The highest BCUT2D eigenvalue weighted by atomic mass is 16.9. The van der Waals surface area contributed by atoms with Gasteiger partial charge in [0.05, 0.1) is 25.6 Å². The lowest BCUT2D eigenvalue weighted by Crippen LogP contribution is -2.44. The van der Waals surface area contributed by atoms with E-state index in [2.05, 4.69) is 4.84 Å². The summed E-state index contributed by atoms with van der Waals surface area (Å²) in [7, 11) is 1.13. The number of methoxy groups -OCH3 is 1. The summed E-state index contributed by atoms with van der Waals surface area (Å²) < 4.78 is 4.70. The van der Waals surface area contributed by atoms with Gasteiger partial charge in [-0.3, -0.25) is 4.79 Å². The molecule has 1 saturated carbocycles. The van der Waals surface area contributed by atoms with Gasteiger partial charge in [-0.05, 0) is 30.5 Å². The first kappa shape index (κ1) is 22.9. The predicted molar refractivity (Wildman–Crippen MR) is 101 cm³/mol. The highest BCUT2D eigenvalue weighted by Crippen LogP contribution is 2.40. The summed E-state index contributed by atoms with van der Waals surface area (Å²) >= 11 is 0. The van der Waals surface area contributed by atoms with Crippen LogP contribution in [0.5, 0.6) is 0 Å². The van der Waals surface area contributed by atoms with Crippen LogP contribution in [0, 0.1) is 15.5 Å². The molecular weight excluding hydrogens is 400 g/mol. The molecule has 11 heteroatoms. The lowest BCUT2D eigenvalue weighted by Gasteiger charge is -2.38. The molecule has 1 aliphatic carbocycles. The fourth-order valence-electron chi connectivity index (χ4n) is 3.62. The number of rotatable bonds is 8. The number of hydrogen-bond acceptors (Lipinski definition) is 8. The molecule has 1 fully saturated rings. The van der Waals surface area contributed by atoms with Crippen LogP contribution in [0.1, 0.15) is 54.4 Å². The van der Waals surface area contributed by atoms with Crippen LogP contribution >= 0.6 is 0 Å². The molecular formula is C19H24N2O9. The maximum absolute atomic E-state index is 12.6. The molecule has 1 N–H and O–H groups in total. The number of carboxylic acids is 1. The number of amides is 1. The molecule has 11 nitrogen and oxygen atoms in total. The lowest BCUT2D eigenvalue weighted by atomic mass is 9.71. The van der Waals surface area contributed by atoms with E-state index in [1.165, 1.54) is 24.3 Å². The monoisotopic (exact) mass is 424 g/mol. The van der Waals surface area contributed by atoms with Crippen molar-refractivity contribution in [2.75, 3.05) is 13.7 Å². The van der Waals surface area contributed by atoms with E-state index in [4.69, 9.17) is 9.57 Å². The average Bonchev–Trinajstić information content (AvgIpc) is 2.71. The Morgan fingerprint density at radius 2 is 1.93 bits per heavy atom. The zero-order valence-corrected chi connectivity index (χ0v) is 16.6. The van der Waals surface area contributed by atoms with Crippen molar-refractivity contribution in [3.63, 3.8) is 0 Å². The van der Waals surface area contributed by atoms with Gasteiger partial charge in [-0.1, -0.05) is 31.4 Å². The second-order valence-corrected chi connectivity index (χ2v) is 7.21. The number of hydroxylamine groups is 2. The fraction of sp³-hybridized carbons (Fsp3) is 0.526. The molecule has 0 spiro atoms. The molecule has 0 saturated heterocycles. The summed E-state index contributed by atoms with van der Waals surface area (Å²) in [5.74, 6) is -1.88. The topological polar surface area (TPSA) is 146 Å². The molecule has 30 heavy (non-hydrogen) atoms. The first-order valence-corrected chi connectivity index (χ1v) is 9.40. The maximum atomic E-state index is 12.6. The van der Waals surface area contributed by atoms with Crippen LogP contribution in [0.2, 0.25) is 0 Å². The Labute approximate surface area is 172 Å². The van der Waals surface area contributed by atoms with Gasteiger partial charge in [-0.15, -0.1) is 15.2 Å². The smallest absolute Gasteiger partial charge is 0.443 e. The van der Waals surface area contributed by atoms with Gasteiger partial charge < -0.3 is 19.5 Å². The van der Waals surface area contributed by atoms with Gasteiger partial charge in [-0.25, -0.2) is 9.59 Å². The fourth-order valence-corrected chi connectivity index (χ4v) is 3.62. The summed E-state index contributed by atoms with van der Waals surface area (Å²) in [5, 5.41) is 19.4. The molecule has 1 aromatic rings. The molecule has 0 radical (unpaired) electrons. The van der Waals surface area contributed by atoms with Gasteiger partial charge in [0.2, 0.25) is 0 Å². The van der Waals surface area contributed by atoms with E-state index in [-0.39, 0.29) is 25.1 Å². The van der Waals surface area contributed by atoms with Gasteiger partial charge in [0.1, 0.15) is 6.61 Å². The lowest BCUT2D eigenvalue weighted by molar-refractivity contribution is -0.763. The Balaban J connectivity index is 2.16. The SMILES string of the molecule is COC(=O)N(CC1(CC(=O)O)CCCCC1)OC(=O)c1cccc(CO[N+](=O)[O-])c1. The number of carbonyl (C=O) groups excluding carboxylic acids is 2. The summed E-state index contributed by atoms with van der Waals surface area (Å²) in [4.78, 5) is 56.0. The van der Waals surface area contributed by atoms with Crippen LogP contribution in [0.3, 0.4) is 0 Å². The van der Waals surface area contributed by atoms with Crippen LogP contribution in [-0.4, -0.2) is 46.9 Å². The zero-order valence-electron chi connectivity index (χ0n) is 16.6. The van der Waals surface area contributed by atoms with E-state index in [0.717, 1.165) is 31.4 Å². The second kappa shape index (κ2) is 10.4. The Morgan fingerprint density at radius 3 is 2.53 bits per heavy atom. The standard InChI is InChI=1S/C19H24N2O9/c1-28-18(25)20(13-19(11-16(22)23)8-3-2-4-9-19)30-17(24)15-7-5-6-14(10-15)12-29-21(26)27/h5-7,10H,2-4,8-9,11-13H2,1H3,(H,22,23). The number of hydrogen-bond donors (Lipinski definition) is 1. The summed E-state index contributed by atoms with van der Waals surface area (Å²) in [6, 6.07) is 5.78. The molecule has 0 aromatic heterocycles. The van der Waals surface area contributed by atoms with Crippen LogP contribution in [0.25, 0.3) is 0 Å². The first-order valence-electron chi connectivity index (χ1n) is 9.40.